The molecule has 0 amide bonds. The summed E-state index contributed by atoms with van der Waals surface area (Å²) in [6, 6.07) is 51.5. The van der Waals surface area contributed by atoms with Gasteiger partial charge in [-0.15, -0.1) is 10.2 Å². The molecule has 2 aliphatic rings. The van der Waals surface area contributed by atoms with Crippen LogP contribution in [0.3, 0.4) is 0 Å². The normalized spacial score (nSPS) is 15.2. The van der Waals surface area contributed by atoms with E-state index in [9.17, 15) is 0 Å². The molecular formula is C44H36N4O. The quantitative estimate of drug-likeness (QED) is 0.192. The van der Waals surface area contributed by atoms with Crippen LogP contribution in [0, 0.1) is 0 Å². The molecule has 0 fully saturated rings. The van der Waals surface area contributed by atoms with Gasteiger partial charge in [-0.3, -0.25) is 0 Å². The maximum absolute atomic E-state index is 6.26. The molecule has 3 heterocycles. The number of fused-ring (bicyclic) bond motifs is 4. The third-order valence-electron chi connectivity index (χ3n) is 10.4. The highest BCUT2D eigenvalue weighted by Gasteiger charge is 2.37. The molecule has 49 heavy (non-hydrogen) atoms. The molecule has 0 bridgehead atoms. The predicted octanol–water partition coefficient (Wildman–Crippen LogP) is 11.6. The van der Waals surface area contributed by atoms with E-state index in [1.165, 1.54) is 45.0 Å². The smallest absolute Gasteiger partial charge is 0.248 e. The average Bonchev–Trinajstić information content (AvgIpc) is 3.63. The molecule has 2 aliphatic heterocycles. The van der Waals surface area contributed by atoms with Crippen LogP contribution in [0.15, 0.2) is 150 Å². The lowest BCUT2D eigenvalue weighted by atomic mass is 9.73. The fourth-order valence-corrected chi connectivity index (χ4v) is 7.86. The van der Waals surface area contributed by atoms with Gasteiger partial charge in [-0.25, -0.2) is 0 Å². The highest BCUT2D eigenvalue weighted by molar-refractivity contribution is 5.87. The van der Waals surface area contributed by atoms with Crippen LogP contribution in [0.25, 0.3) is 22.9 Å². The Morgan fingerprint density at radius 2 is 0.673 bits per heavy atom. The summed E-state index contributed by atoms with van der Waals surface area (Å²) in [6.45, 7) is 9.21. The van der Waals surface area contributed by atoms with Gasteiger partial charge in [0.05, 0.1) is 22.7 Å². The Hall–Kier alpha value is -5.94. The Labute approximate surface area is 287 Å². The molecule has 0 aliphatic carbocycles. The second kappa shape index (κ2) is 10.8. The largest absolute Gasteiger partial charge is 0.416 e. The van der Waals surface area contributed by atoms with Crippen LogP contribution in [-0.2, 0) is 10.8 Å². The number of benzene rings is 6. The van der Waals surface area contributed by atoms with Gasteiger partial charge in [-0.05, 0) is 95.1 Å². The Balaban J connectivity index is 1.01. The maximum atomic E-state index is 6.26. The predicted molar refractivity (Wildman–Crippen MR) is 199 cm³/mol. The van der Waals surface area contributed by atoms with Crippen molar-refractivity contribution in [3.05, 3.63) is 168 Å². The van der Waals surface area contributed by atoms with E-state index in [4.69, 9.17) is 4.42 Å². The third-order valence-corrected chi connectivity index (χ3v) is 10.4. The molecule has 0 atom stereocenters. The minimum Gasteiger partial charge on any atom is -0.416 e. The topological polar surface area (TPSA) is 45.4 Å². The van der Waals surface area contributed by atoms with Gasteiger partial charge in [0.2, 0.25) is 11.8 Å². The number of para-hydroxylation sites is 4. The zero-order valence-corrected chi connectivity index (χ0v) is 28.1. The van der Waals surface area contributed by atoms with E-state index < -0.39 is 0 Å². The average molecular weight is 637 g/mol. The minimum absolute atomic E-state index is 0.0956. The molecule has 238 valence electrons. The molecule has 9 rings (SSSR count). The van der Waals surface area contributed by atoms with E-state index in [1.807, 2.05) is 0 Å². The molecule has 1 aromatic heterocycles. The lowest BCUT2D eigenvalue weighted by molar-refractivity contribution is 0.584. The monoisotopic (exact) mass is 636 g/mol. The molecular weight excluding hydrogens is 601 g/mol. The first-order valence-corrected chi connectivity index (χ1v) is 16.8. The SMILES string of the molecule is CC1(C)c2ccccc2N(c2ccc(-c3nnc(-c4ccc(N5c6ccccc6C(C)(C)c6ccccc65)cc4)o3)cc2)c2ccccc21. The zero-order valence-electron chi connectivity index (χ0n) is 28.1. The molecule has 0 saturated carbocycles. The van der Waals surface area contributed by atoms with Gasteiger partial charge in [0.15, 0.2) is 0 Å². The molecule has 5 heteroatoms. The summed E-state index contributed by atoms with van der Waals surface area (Å²) in [7, 11) is 0. The summed E-state index contributed by atoms with van der Waals surface area (Å²) in [4.78, 5) is 4.70. The molecule has 7 aromatic rings. The van der Waals surface area contributed by atoms with E-state index in [2.05, 4.69) is 193 Å². The zero-order chi connectivity index (χ0) is 33.3. The maximum Gasteiger partial charge on any atom is 0.248 e. The Kier molecular flexibility index (Phi) is 6.44. The van der Waals surface area contributed by atoms with Crippen LogP contribution in [0.4, 0.5) is 34.1 Å². The first-order valence-electron chi connectivity index (χ1n) is 16.8. The van der Waals surface area contributed by atoms with E-state index in [1.54, 1.807) is 0 Å². The van der Waals surface area contributed by atoms with Gasteiger partial charge in [0, 0.05) is 33.3 Å². The standard InChI is InChI=1S/C44H36N4O/c1-43(2)33-13-5-9-17-37(33)47(38-18-10-6-14-34(38)43)31-25-21-29(22-26-31)41-45-46-42(49-41)30-23-27-32(28-24-30)48-39-19-11-7-15-35(39)44(3,4)36-16-8-12-20-40(36)48/h5-28H,1-4H3. The molecule has 6 aromatic carbocycles. The summed E-state index contributed by atoms with van der Waals surface area (Å²) in [5.74, 6) is 0.986. The van der Waals surface area contributed by atoms with Crippen molar-refractivity contribution in [3.8, 4) is 22.9 Å². The van der Waals surface area contributed by atoms with Crippen molar-refractivity contribution < 1.29 is 4.42 Å². The second-order valence-electron chi connectivity index (χ2n) is 14.0. The van der Waals surface area contributed by atoms with Crippen LogP contribution in [0.2, 0.25) is 0 Å². The fraction of sp³-hybridized carbons (Fsp3) is 0.136. The Morgan fingerprint density at radius 1 is 0.388 bits per heavy atom. The number of nitrogens with zero attached hydrogens (tertiary/aromatic N) is 4. The van der Waals surface area contributed by atoms with E-state index in [0.717, 1.165) is 22.5 Å². The summed E-state index contributed by atoms with van der Waals surface area (Å²) < 4.78 is 6.26. The van der Waals surface area contributed by atoms with Crippen LogP contribution in [0.1, 0.15) is 49.9 Å². The highest BCUT2D eigenvalue weighted by atomic mass is 16.4. The number of hydrogen-bond acceptors (Lipinski definition) is 5. The molecule has 0 unspecified atom stereocenters. The van der Waals surface area contributed by atoms with E-state index in [-0.39, 0.29) is 10.8 Å². The second-order valence-corrected chi connectivity index (χ2v) is 14.0. The molecule has 0 saturated heterocycles. The van der Waals surface area contributed by atoms with Crippen molar-refractivity contribution >= 4 is 34.1 Å². The number of anilines is 6. The van der Waals surface area contributed by atoms with Crippen LogP contribution in [0.5, 0.6) is 0 Å². The Bertz CT molecular complexity index is 2090. The van der Waals surface area contributed by atoms with Crippen molar-refractivity contribution in [2.45, 2.75) is 38.5 Å². The summed E-state index contributed by atoms with van der Waals surface area (Å²) in [5.41, 5.74) is 13.7. The first-order chi connectivity index (χ1) is 23.8. The van der Waals surface area contributed by atoms with E-state index in [0.29, 0.717) is 11.8 Å². The van der Waals surface area contributed by atoms with Crippen molar-refractivity contribution in [2.24, 2.45) is 0 Å². The minimum atomic E-state index is -0.0956. The third kappa shape index (κ3) is 4.46. The van der Waals surface area contributed by atoms with Gasteiger partial charge in [-0.1, -0.05) is 100 Å². The summed E-state index contributed by atoms with van der Waals surface area (Å²) in [6.07, 6.45) is 0. The fourth-order valence-electron chi connectivity index (χ4n) is 7.86. The van der Waals surface area contributed by atoms with Crippen molar-refractivity contribution in [1.82, 2.24) is 10.2 Å². The number of rotatable bonds is 4. The van der Waals surface area contributed by atoms with E-state index >= 15 is 0 Å². The molecule has 0 N–H and O–H groups in total. The van der Waals surface area contributed by atoms with Gasteiger partial charge in [0.25, 0.3) is 0 Å². The van der Waals surface area contributed by atoms with Gasteiger partial charge in [0.1, 0.15) is 0 Å². The van der Waals surface area contributed by atoms with Gasteiger partial charge < -0.3 is 14.2 Å². The molecule has 0 spiro atoms. The van der Waals surface area contributed by atoms with Crippen LogP contribution >= 0.6 is 0 Å². The number of hydrogen-bond donors (Lipinski definition) is 0. The lowest BCUT2D eigenvalue weighted by Gasteiger charge is -2.42. The number of aromatic nitrogens is 2. The molecule has 5 nitrogen and oxygen atoms in total. The summed E-state index contributed by atoms with van der Waals surface area (Å²) >= 11 is 0. The van der Waals surface area contributed by atoms with Crippen LogP contribution < -0.4 is 9.80 Å². The van der Waals surface area contributed by atoms with Crippen LogP contribution in [-0.4, -0.2) is 10.2 Å². The van der Waals surface area contributed by atoms with Crippen molar-refractivity contribution in [2.75, 3.05) is 9.80 Å². The highest BCUT2D eigenvalue weighted by Crippen LogP contribution is 2.53. The first kappa shape index (κ1) is 29.2. The molecule has 0 radical (unpaired) electrons. The van der Waals surface area contributed by atoms with Crippen molar-refractivity contribution in [3.63, 3.8) is 0 Å². The van der Waals surface area contributed by atoms with Gasteiger partial charge >= 0.3 is 0 Å². The van der Waals surface area contributed by atoms with Gasteiger partial charge in [-0.2, -0.15) is 0 Å². The summed E-state index contributed by atoms with van der Waals surface area (Å²) in [5, 5.41) is 8.89. The Morgan fingerprint density at radius 3 is 0.980 bits per heavy atom. The van der Waals surface area contributed by atoms with Crippen molar-refractivity contribution in [1.29, 1.82) is 0 Å². The lowest BCUT2D eigenvalue weighted by Crippen LogP contribution is -2.30.